The van der Waals surface area contributed by atoms with E-state index in [1.807, 2.05) is 13.1 Å². The summed E-state index contributed by atoms with van der Waals surface area (Å²) >= 11 is 9.71. The third kappa shape index (κ3) is 3.56. The minimum atomic E-state index is 0.477. The monoisotopic (exact) mass is 358 g/mol. The van der Waals surface area contributed by atoms with Crippen molar-refractivity contribution in [1.29, 1.82) is 0 Å². The van der Waals surface area contributed by atoms with Crippen LogP contribution in [0.3, 0.4) is 0 Å². The van der Waals surface area contributed by atoms with Crippen molar-refractivity contribution in [2.24, 2.45) is 5.92 Å². The Labute approximate surface area is 136 Å². The fourth-order valence-corrected chi connectivity index (χ4v) is 3.83. The summed E-state index contributed by atoms with van der Waals surface area (Å²) in [5.41, 5.74) is 1.37. The van der Waals surface area contributed by atoms with Gasteiger partial charge in [0.15, 0.2) is 0 Å². The van der Waals surface area contributed by atoms with Crippen molar-refractivity contribution in [2.45, 2.75) is 38.8 Å². The van der Waals surface area contributed by atoms with Gasteiger partial charge in [-0.05, 0) is 86.4 Å². The van der Waals surface area contributed by atoms with Gasteiger partial charge < -0.3 is 5.32 Å². The summed E-state index contributed by atoms with van der Waals surface area (Å²) in [5.74, 6) is 0.657. The number of nitrogens with zero attached hydrogens (tertiary/aromatic N) is 1. The molecule has 1 N–H and O–H groups in total. The summed E-state index contributed by atoms with van der Waals surface area (Å²) in [6, 6.07) is 7.42. The van der Waals surface area contributed by atoms with Crippen molar-refractivity contribution < 1.29 is 0 Å². The Balaban J connectivity index is 2.35. The second kappa shape index (κ2) is 7.26. The molecule has 2 atom stereocenters. The van der Waals surface area contributed by atoms with E-state index in [9.17, 15) is 0 Å². The van der Waals surface area contributed by atoms with E-state index in [0.29, 0.717) is 18.0 Å². The van der Waals surface area contributed by atoms with Gasteiger partial charge in [0, 0.05) is 16.6 Å². The Morgan fingerprint density at radius 1 is 1.45 bits per heavy atom. The maximum Gasteiger partial charge on any atom is 0.0548 e. The van der Waals surface area contributed by atoms with Gasteiger partial charge in [-0.3, -0.25) is 4.90 Å². The molecular weight excluding hydrogens is 336 g/mol. The quantitative estimate of drug-likeness (QED) is 0.852. The first kappa shape index (κ1) is 16.3. The smallest absolute Gasteiger partial charge is 0.0548 e. The molecular formula is C16H24BrClN2. The predicted octanol–water partition coefficient (Wildman–Crippen LogP) is 4.48. The highest BCUT2D eigenvalue weighted by Crippen LogP contribution is 2.38. The van der Waals surface area contributed by atoms with Crippen molar-refractivity contribution in [3.05, 3.63) is 33.3 Å². The summed E-state index contributed by atoms with van der Waals surface area (Å²) in [6.07, 6.45) is 2.57. The Hall–Kier alpha value is -0.0900. The van der Waals surface area contributed by atoms with Gasteiger partial charge in [-0.2, -0.15) is 0 Å². The summed E-state index contributed by atoms with van der Waals surface area (Å²) in [4.78, 5) is 2.63. The molecule has 2 nitrogen and oxygen atoms in total. The highest BCUT2D eigenvalue weighted by Gasteiger charge is 2.33. The highest BCUT2D eigenvalue weighted by atomic mass is 79.9. The number of hydrogen-bond donors (Lipinski definition) is 1. The van der Waals surface area contributed by atoms with Crippen LogP contribution in [-0.4, -0.2) is 31.1 Å². The molecule has 1 saturated heterocycles. The Morgan fingerprint density at radius 3 is 2.80 bits per heavy atom. The average molecular weight is 360 g/mol. The molecule has 1 aliphatic heterocycles. The van der Waals surface area contributed by atoms with E-state index >= 15 is 0 Å². The fourth-order valence-electron chi connectivity index (χ4n) is 3.32. The number of piperidine rings is 1. The van der Waals surface area contributed by atoms with Gasteiger partial charge in [-0.25, -0.2) is 0 Å². The summed E-state index contributed by atoms with van der Waals surface area (Å²) in [7, 11) is 2.04. The van der Waals surface area contributed by atoms with Crippen molar-refractivity contribution >= 4 is 27.5 Å². The summed E-state index contributed by atoms with van der Waals surface area (Å²) < 4.78 is 0.995. The van der Waals surface area contributed by atoms with Crippen LogP contribution in [0.5, 0.6) is 0 Å². The van der Waals surface area contributed by atoms with Crippen molar-refractivity contribution in [1.82, 2.24) is 10.2 Å². The average Bonchev–Trinajstić information content (AvgIpc) is 2.42. The lowest BCUT2D eigenvalue weighted by Gasteiger charge is -2.44. The van der Waals surface area contributed by atoms with Gasteiger partial charge >= 0.3 is 0 Å². The molecule has 1 fully saturated rings. The zero-order valence-corrected chi connectivity index (χ0v) is 14.8. The molecule has 0 spiro atoms. The van der Waals surface area contributed by atoms with Crippen LogP contribution in [0.15, 0.2) is 22.7 Å². The molecule has 0 aliphatic carbocycles. The van der Waals surface area contributed by atoms with Crippen LogP contribution in [0.25, 0.3) is 0 Å². The zero-order chi connectivity index (χ0) is 14.7. The number of benzene rings is 1. The van der Waals surface area contributed by atoms with Crippen LogP contribution >= 0.6 is 27.5 Å². The van der Waals surface area contributed by atoms with Crippen LogP contribution in [0.2, 0.25) is 5.02 Å². The van der Waals surface area contributed by atoms with Crippen molar-refractivity contribution in [3.8, 4) is 0 Å². The van der Waals surface area contributed by atoms with Crippen LogP contribution < -0.4 is 5.32 Å². The van der Waals surface area contributed by atoms with E-state index in [1.54, 1.807) is 0 Å². The Morgan fingerprint density at radius 2 is 2.20 bits per heavy atom. The first-order valence-electron chi connectivity index (χ1n) is 7.40. The maximum atomic E-state index is 6.14. The van der Waals surface area contributed by atoms with E-state index < -0.39 is 0 Å². The van der Waals surface area contributed by atoms with Crippen LogP contribution in [0.4, 0.5) is 0 Å². The zero-order valence-electron chi connectivity index (χ0n) is 12.5. The third-order valence-electron chi connectivity index (χ3n) is 4.21. The normalized spacial score (nSPS) is 24.3. The first-order chi connectivity index (χ1) is 9.54. The SMILES string of the molecule is CNCC1CCCN(C(C)C)C1c1ccc(Cl)c(Br)c1. The topological polar surface area (TPSA) is 15.3 Å². The van der Waals surface area contributed by atoms with Crippen LogP contribution in [-0.2, 0) is 0 Å². The van der Waals surface area contributed by atoms with Gasteiger partial charge in [0.2, 0.25) is 0 Å². The third-order valence-corrected chi connectivity index (χ3v) is 5.42. The van der Waals surface area contributed by atoms with E-state index in [4.69, 9.17) is 11.6 Å². The molecule has 4 heteroatoms. The number of likely N-dealkylation sites (tertiary alicyclic amines) is 1. The molecule has 20 heavy (non-hydrogen) atoms. The number of halogens is 2. The minimum absolute atomic E-state index is 0.477. The van der Waals surface area contributed by atoms with Crippen LogP contribution in [0, 0.1) is 5.92 Å². The first-order valence-corrected chi connectivity index (χ1v) is 8.57. The molecule has 1 aliphatic rings. The summed E-state index contributed by atoms with van der Waals surface area (Å²) in [5, 5.41) is 4.14. The molecule has 0 radical (unpaired) electrons. The summed E-state index contributed by atoms with van der Waals surface area (Å²) in [6.45, 7) is 6.83. The fraction of sp³-hybridized carbons (Fsp3) is 0.625. The maximum absolute atomic E-state index is 6.14. The van der Waals surface area contributed by atoms with E-state index in [-0.39, 0.29) is 0 Å². The Kier molecular flexibility index (Phi) is 5.91. The van der Waals surface area contributed by atoms with E-state index in [2.05, 4.69) is 52.1 Å². The van der Waals surface area contributed by atoms with Gasteiger partial charge in [-0.1, -0.05) is 17.7 Å². The molecule has 1 aromatic rings. The number of rotatable bonds is 4. The molecule has 112 valence electrons. The standard InChI is InChI=1S/C16H24BrClN2/c1-11(2)20-8-4-5-13(10-19-3)16(20)12-6-7-15(18)14(17)9-12/h6-7,9,11,13,16,19H,4-5,8,10H2,1-3H3. The van der Waals surface area contributed by atoms with E-state index in [1.165, 1.54) is 24.9 Å². The minimum Gasteiger partial charge on any atom is -0.319 e. The largest absolute Gasteiger partial charge is 0.319 e. The Bertz CT molecular complexity index is 448. The van der Waals surface area contributed by atoms with Crippen LogP contribution in [0.1, 0.15) is 38.3 Å². The van der Waals surface area contributed by atoms with E-state index in [0.717, 1.165) is 16.0 Å². The van der Waals surface area contributed by atoms with Gasteiger partial charge in [0.25, 0.3) is 0 Å². The molecule has 0 saturated carbocycles. The second-order valence-corrected chi connectivity index (χ2v) is 7.17. The van der Waals surface area contributed by atoms with Crippen molar-refractivity contribution in [3.63, 3.8) is 0 Å². The lowest BCUT2D eigenvalue weighted by Crippen LogP contribution is -2.45. The van der Waals surface area contributed by atoms with Gasteiger partial charge in [-0.15, -0.1) is 0 Å². The number of hydrogen-bond acceptors (Lipinski definition) is 2. The molecule has 0 bridgehead atoms. The number of nitrogens with one attached hydrogen (secondary N) is 1. The van der Waals surface area contributed by atoms with Crippen molar-refractivity contribution in [2.75, 3.05) is 20.1 Å². The molecule has 2 rings (SSSR count). The lowest BCUT2D eigenvalue weighted by molar-refractivity contribution is 0.0636. The molecule has 0 aromatic heterocycles. The molecule has 2 unspecified atom stereocenters. The highest BCUT2D eigenvalue weighted by molar-refractivity contribution is 9.10. The van der Waals surface area contributed by atoms with Gasteiger partial charge in [0.05, 0.1) is 5.02 Å². The second-order valence-electron chi connectivity index (χ2n) is 5.91. The lowest BCUT2D eigenvalue weighted by atomic mass is 9.83. The van der Waals surface area contributed by atoms with Gasteiger partial charge in [0.1, 0.15) is 0 Å². The predicted molar refractivity (Wildman–Crippen MR) is 90.4 cm³/mol. The molecule has 1 heterocycles. The molecule has 1 aromatic carbocycles. The molecule has 0 amide bonds.